The summed E-state index contributed by atoms with van der Waals surface area (Å²) in [5.41, 5.74) is 7.43. The van der Waals surface area contributed by atoms with Crippen molar-refractivity contribution in [2.24, 2.45) is 12.8 Å². The van der Waals surface area contributed by atoms with E-state index in [0.29, 0.717) is 35.2 Å². The van der Waals surface area contributed by atoms with Crippen LogP contribution in [0.2, 0.25) is 0 Å². The molecule has 0 unspecified atom stereocenters. The van der Waals surface area contributed by atoms with Gasteiger partial charge in [0.2, 0.25) is 5.95 Å². The fourth-order valence-electron chi connectivity index (χ4n) is 4.78. The van der Waals surface area contributed by atoms with Crippen LogP contribution in [0.1, 0.15) is 31.3 Å². The van der Waals surface area contributed by atoms with Crippen molar-refractivity contribution in [3.8, 4) is 11.8 Å². The van der Waals surface area contributed by atoms with Crippen LogP contribution < -0.4 is 21.9 Å². The molecule has 0 spiro atoms. The summed E-state index contributed by atoms with van der Waals surface area (Å²) in [4.78, 5) is 43.1. The van der Waals surface area contributed by atoms with Crippen LogP contribution in [-0.2, 0) is 20.1 Å². The van der Waals surface area contributed by atoms with E-state index >= 15 is 0 Å². The molecule has 4 aromatic rings. The molecule has 10 heteroatoms. The monoisotopic (exact) mass is 472 g/mol. The number of nitrogens with two attached hydrogens (primary N) is 1. The summed E-state index contributed by atoms with van der Waals surface area (Å²) in [7, 11) is 1.64. The largest absolute Gasteiger partial charge is 0.341 e. The molecule has 4 heterocycles. The number of nitrogens with zero attached hydrogens (tertiary/aromatic N) is 7. The van der Waals surface area contributed by atoms with E-state index in [-0.39, 0.29) is 19.1 Å². The van der Waals surface area contributed by atoms with Crippen LogP contribution in [0.5, 0.6) is 0 Å². The Kier molecular flexibility index (Phi) is 5.86. The summed E-state index contributed by atoms with van der Waals surface area (Å²) in [5, 5.41) is 0.806. The zero-order valence-corrected chi connectivity index (χ0v) is 20.2. The van der Waals surface area contributed by atoms with Gasteiger partial charge in [-0.25, -0.2) is 14.8 Å². The maximum absolute atomic E-state index is 13.8. The Morgan fingerprint density at radius 2 is 1.94 bits per heavy atom. The minimum Gasteiger partial charge on any atom is -0.341 e. The summed E-state index contributed by atoms with van der Waals surface area (Å²) in [6, 6.07) is 7.62. The Balaban J connectivity index is 1.73. The van der Waals surface area contributed by atoms with E-state index in [1.54, 1.807) is 20.9 Å². The zero-order chi connectivity index (χ0) is 24.7. The Morgan fingerprint density at radius 3 is 2.71 bits per heavy atom. The van der Waals surface area contributed by atoms with Crippen LogP contribution in [-0.4, -0.2) is 47.8 Å². The second-order valence-electron chi connectivity index (χ2n) is 8.91. The van der Waals surface area contributed by atoms with Gasteiger partial charge in [-0.15, -0.1) is 5.92 Å². The van der Waals surface area contributed by atoms with Gasteiger partial charge in [-0.1, -0.05) is 24.1 Å². The van der Waals surface area contributed by atoms with Crippen LogP contribution in [0.4, 0.5) is 5.95 Å². The first-order valence-electron chi connectivity index (χ1n) is 11.7. The van der Waals surface area contributed by atoms with Crippen LogP contribution in [0.15, 0.2) is 33.9 Å². The van der Waals surface area contributed by atoms with Crippen LogP contribution >= 0.6 is 0 Å². The van der Waals surface area contributed by atoms with Crippen LogP contribution in [0.25, 0.3) is 22.1 Å². The third-order valence-electron chi connectivity index (χ3n) is 6.47. The van der Waals surface area contributed by atoms with Gasteiger partial charge in [0.25, 0.3) is 5.56 Å². The predicted molar refractivity (Wildman–Crippen MR) is 135 cm³/mol. The number of aryl methyl sites for hydroxylation is 2. The van der Waals surface area contributed by atoms with Crippen LogP contribution in [0, 0.1) is 18.8 Å². The third-order valence-corrected chi connectivity index (χ3v) is 6.47. The van der Waals surface area contributed by atoms with E-state index in [1.165, 1.54) is 9.13 Å². The van der Waals surface area contributed by atoms with Gasteiger partial charge in [0.05, 0.1) is 24.3 Å². The second-order valence-corrected chi connectivity index (χ2v) is 8.91. The molecule has 0 bridgehead atoms. The molecule has 2 N–H and O–H groups in total. The Morgan fingerprint density at radius 1 is 1.14 bits per heavy atom. The molecule has 0 aliphatic carbocycles. The van der Waals surface area contributed by atoms with Crippen molar-refractivity contribution in [1.29, 1.82) is 0 Å². The maximum Gasteiger partial charge on any atom is 0.332 e. The zero-order valence-electron chi connectivity index (χ0n) is 20.2. The molecule has 1 saturated heterocycles. The van der Waals surface area contributed by atoms with Gasteiger partial charge in [-0.3, -0.25) is 18.5 Å². The molecule has 35 heavy (non-hydrogen) atoms. The van der Waals surface area contributed by atoms with Gasteiger partial charge in [0.1, 0.15) is 5.82 Å². The normalized spacial score (nSPS) is 16.0. The summed E-state index contributed by atoms with van der Waals surface area (Å²) < 4.78 is 4.46. The van der Waals surface area contributed by atoms with Crippen molar-refractivity contribution in [2.45, 2.75) is 45.8 Å². The molecule has 5 rings (SSSR count). The van der Waals surface area contributed by atoms with Gasteiger partial charge in [-0.05, 0) is 32.8 Å². The minimum absolute atomic E-state index is 0.0277. The molecule has 0 radical (unpaired) electrons. The van der Waals surface area contributed by atoms with Crippen molar-refractivity contribution in [1.82, 2.24) is 28.7 Å². The summed E-state index contributed by atoms with van der Waals surface area (Å²) >= 11 is 0. The van der Waals surface area contributed by atoms with Crippen molar-refractivity contribution >= 4 is 28.0 Å². The lowest BCUT2D eigenvalue weighted by atomic mass is 10.1. The maximum atomic E-state index is 13.8. The molecule has 0 amide bonds. The van der Waals surface area contributed by atoms with Crippen molar-refractivity contribution in [2.75, 3.05) is 18.0 Å². The van der Waals surface area contributed by atoms with E-state index in [1.807, 2.05) is 28.8 Å². The van der Waals surface area contributed by atoms with Gasteiger partial charge < -0.3 is 10.6 Å². The number of anilines is 1. The fourth-order valence-corrected chi connectivity index (χ4v) is 4.78. The lowest BCUT2D eigenvalue weighted by Gasteiger charge is -2.31. The molecule has 1 atom stereocenters. The second kappa shape index (κ2) is 9.00. The third kappa shape index (κ3) is 3.98. The van der Waals surface area contributed by atoms with E-state index in [0.717, 1.165) is 30.3 Å². The highest BCUT2D eigenvalue weighted by molar-refractivity contribution is 5.81. The topological polar surface area (TPSA) is 117 Å². The van der Waals surface area contributed by atoms with E-state index in [2.05, 4.69) is 26.7 Å². The Labute approximate surface area is 202 Å². The first kappa shape index (κ1) is 22.8. The molecule has 1 aliphatic rings. The lowest BCUT2D eigenvalue weighted by molar-refractivity contribution is 0.496. The van der Waals surface area contributed by atoms with Crippen LogP contribution in [0.3, 0.4) is 0 Å². The Bertz CT molecular complexity index is 1620. The number of hydrogen-bond donors (Lipinski definition) is 1. The molecular weight excluding hydrogens is 444 g/mol. The van der Waals surface area contributed by atoms with E-state index in [4.69, 9.17) is 10.7 Å². The molecule has 10 nitrogen and oxygen atoms in total. The molecule has 1 aliphatic heterocycles. The van der Waals surface area contributed by atoms with Gasteiger partial charge >= 0.3 is 5.69 Å². The summed E-state index contributed by atoms with van der Waals surface area (Å²) in [5.74, 6) is 7.15. The first-order chi connectivity index (χ1) is 16.9. The molecule has 1 fully saturated rings. The summed E-state index contributed by atoms with van der Waals surface area (Å²) in [6.07, 6.45) is 1.89. The van der Waals surface area contributed by atoms with Crippen molar-refractivity contribution in [3.63, 3.8) is 0 Å². The fraction of sp³-hybridized carbons (Fsp3) is 0.400. The molecule has 1 aromatic carbocycles. The van der Waals surface area contributed by atoms with Crippen molar-refractivity contribution in [3.05, 3.63) is 56.6 Å². The summed E-state index contributed by atoms with van der Waals surface area (Å²) in [6.45, 7) is 5.29. The first-order valence-corrected chi connectivity index (χ1v) is 11.7. The number of aromatic nitrogens is 6. The quantitative estimate of drug-likeness (QED) is 0.443. The number of hydrogen-bond acceptors (Lipinski definition) is 7. The van der Waals surface area contributed by atoms with Crippen molar-refractivity contribution < 1.29 is 0 Å². The highest BCUT2D eigenvalue weighted by atomic mass is 16.2. The molecule has 3 aromatic heterocycles. The number of fused-ring (bicyclic) bond motifs is 2. The number of imidazole rings is 1. The van der Waals surface area contributed by atoms with Gasteiger partial charge in [-0.2, -0.15) is 4.98 Å². The molecule has 0 saturated carbocycles. The van der Waals surface area contributed by atoms with Gasteiger partial charge in [0.15, 0.2) is 11.2 Å². The SMILES string of the molecule is CC#CCn1c(N2CCC[C@@H](N)C2)nc2c1c(=O)n(Cc1nc(C)nc3ccccc13)c(=O)n2C. The van der Waals surface area contributed by atoms with E-state index < -0.39 is 11.2 Å². The lowest BCUT2D eigenvalue weighted by Crippen LogP contribution is -2.44. The standard InChI is InChI=1S/C25H28N8O2/c1-4-5-13-32-21-22(29-24(32)31-12-8-9-17(26)14-31)30(3)25(35)33(23(21)34)15-20-18-10-6-7-11-19(18)27-16(2)28-20/h6-7,10-11,17H,8-9,12-15,26H2,1-3H3/t17-/m1/s1. The number of piperidine rings is 1. The van der Waals surface area contributed by atoms with Gasteiger partial charge in [0, 0.05) is 31.6 Å². The minimum atomic E-state index is -0.448. The van der Waals surface area contributed by atoms with E-state index in [9.17, 15) is 9.59 Å². The average molecular weight is 473 g/mol. The predicted octanol–water partition coefficient (Wildman–Crippen LogP) is 1.15. The highest BCUT2D eigenvalue weighted by Crippen LogP contribution is 2.23. The average Bonchev–Trinajstić information content (AvgIpc) is 3.23. The Hall–Kier alpha value is -3.97. The number of para-hydroxylation sites is 1. The smallest absolute Gasteiger partial charge is 0.332 e. The number of rotatable bonds is 4. The molecule has 180 valence electrons. The number of benzene rings is 1. The highest BCUT2D eigenvalue weighted by Gasteiger charge is 2.26. The molecular formula is C25H28N8O2.